The Labute approximate surface area is 110 Å². The largest absolute Gasteiger partial charge is 0.319 e. The van der Waals surface area contributed by atoms with E-state index < -0.39 is 6.04 Å². The first kappa shape index (κ1) is 13.1. The molecule has 1 aromatic heterocycles. The van der Waals surface area contributed by atoms with Crippen LogP contribution in [0.1, 0.15) is 29.8 Å². The lowest BCUT2D eigenvalue weighted by Gasteiger charge is -2.15. The first-order chi connectivity index (χ1) is 8.54. The minimum absolute atomic E-state index is 0.262. The number of hydrogen-bond donors (Lipinski definition) is 1. The normalized spacial score (nSPS) is 12.7. The van der Waals surface area contributed by atoms with Crippen LogP contribution in [-0.4, -0.2) is 9.78 Å². The van der Waals surface area contributed by atoms with E-state index in [1.807, 2.05) is 13.0 Å². The molecule has 2 aromatic rings. The van der Waals surface area contributed by atoms with Crippen molar-refractivity contribution in [3.63, 3.8) is 0 Å². The summed E-state index contributed by atoms with van der Waals surface area (Å²) in [6.07, 6.45) is 1.56. The summed E-state index contributed by atoms with van der Waals surface area (Å²) in [6.45, 7) is 4.34. The van der Waals surface area contributed by atoms with Crippen LogP contribution in [0.2, 0.25) is 5.02 Å². The van der Waals surface area contributed by atoms with Crippen molar-refractivity contribution in [2.45, 2.75) is 26.4 Å². The SMILES string of the molecule is CCn1ncc(Cl)c1C(N)c1ccc(C)c(F)c1. The van der Waals surface area contributed by atoms with Crippen LogP contribution in [0.3, 0.4) is 0 Å². The highest BCUT2D eigenvalue weighted by Crippen LogP contribution is 2.27. The van der Waals surface area contributed by atoms with Crippen molar-refractivity contribution in [1.29, 1.82) is 0 Å². The van der Waals surface area contributed by atoms with Crippen LogP contribution in [0.4, 0.5) is 4.39 Å². The van der Waals surface area contributed by atoms with Gasteiger partial charge in [-0.05, 0) is 31.0 Å². The molecule has 0 saturated carbocycles. The van der Waals surface area contributed by atoms with Crippen LogP contribution in [0.5, 0.6) is 0 Å². The van der Waals surface area contributed by atoms with Crippen LogP contribution < -0.4 is 5.73 Å². The van der Waals surface area contributed by atoms with Gasteiger partial charge in [0.1, 0.15) is 5.82 Å². The van der Waals surface area contributed by atoms with Crippen molar-refractivity contribution in [3.8, 4) is 0 Å². The fourth-order valence-electron chi connectivity index (χ4n) is 1.89. The molecule has 1 heterocycles. The molecule has 1 atom stereocenters. The molecule has 1 unspecified atom stereocenters. The van der Waals surface area contributed by atoms with Gasteiger partial charge in [0, 0.05) is 6.54 Å². The average Bonchev–Trinajstić information content (AvgIpc) is 2.73. The maximum atomic E-state index is 13.6. The molecular weight excluding hydrogens is 253 g/mol. The lowest BCUT2D eigenvalue weighted by molar-refractivity contribution is 0.592. The summed E-state index contributed by atoms with van der Waals surface area (Å²) in [6, 6.07) is 4.50. The van der Waals surface area contributed by atoms with Gasteiger partial charge < -0.3 is 5.73 Å². The Balaban J connectivity index is 2.44. The van der Waals surface area contributed by atoms with Crippen LogP contribution in [0, 0.1) is 12.7 Å². The zero-order valence-electron chi connectivity index (χ0n) is 10.3. The van der Waals surface area contributed by atoms with Crippen LogP contribution in [0.15, 0.2) is 24.4 Å². The molecule has 0 aliphatic rings. The zero-order chi connectivity index (χ0) is 13.3. The molecule has 0 aliphatic carbocycles. The lowest BCUT2D eigenvalue weighted by Crippen LogP contribution is -2.17. The Hall–Kier alpha value is -1.39. The number of aromatic nitrogens is 2. The Bertz CT molecular complexity index is 565. The van der Waals surface area contributed by atoms with Gasteiger partial charge in [0.25, 0.3) is 0 Å². The summed E-state index contributed by atoms with van der Waals surface area (Å²) in [5, 5.41) is 4.64. The zero-order valence-corrected chi connectivity index (χ0v) is 11.1. The van der Waals surface area contributed by atoms with Gasteiger partial charge in [-0.1, -0.05) is 23.7 Å². The third kappa shape index (κ3) is 2.26. The molecule has 0 fully saturated rings. The number of aryl methyl sites for hydroxylation is 2. The quantitative estimate of drug-likeness (QED) is 0.929. The van der Waals surface area contributed by atoms with Crippen LogP contribution in [0.25, 0.3) is 0 Å². The van der Waals surface area contributed by atoms with E-state index >= 15 is 0 Å². The topological polar surface area (TPSA) is 43.8 Å². The van der Waals surface area contributed by atoms with Crippen molar-refractivity contribution in [1.82, 2.24) is 9.78 Å². The molecule has 2 N–H and O–H groups in total. The summed E-state index contributed by atoms with van der Waals surface area (Å²) in [4.78, 5) is 0. The highest BCUT2D eigenvalue weighted by Gasteiger charge is 2.18. The molecule has 0 bridgehead atoms. The van der Waals surface area contributed by atoms with Crippen molar-refractivity contribution in [2.75, 3.05) is 0 Å². The number of halogens is 2. The Kier molecular flexibility index (Phi) is 3.68. The van der Waals surface area contributed by atoms with Crippen LogP contribution in [-0.2, 0) is 6.54 Å². The van der Waals surface area contributed by atoms with Crippen molar-refractivity contribution < 1.29 is 4.39 Å². The van der Waals surface area contributed by atoms with Gasteiger partial charge in [-0.3, -0.25) is 4.68 Å². The fraction of sp³-hybridized carbons (Fsp3) is 0.308. The van der Waals surface area contributed by atoms with E-state index in [0.29, 0.717) is 28.4 Å². The number of benzene rings is 1. The van der Waals surface area contributed by atoms with Gasteiger partial charge in [0.05, 0.1) is 23.0 Å². The third-order valence-corrected chi connectivity index (χ3v) is 3.27. The summed E-state index contributed by atoms with van der Waals surface area (Å²) >= 11 is 6.08. The van der Waals surface area contributed by atoms with E-state index in [0.717, 1.165) is 0 Å². The molecule has 2 rings (SSSR count). The smallest absolute Gasteiger partial charge is 0.126 e. The molecule has 0 amide bonds. The summed E-state index contributed by atoms with van der Waals surface area (Å²) in [7, 11) is 0. The maximum Gasteiger partial charge on any atom is 0.126 e. The molecule has 0 aliphatic heterocycles. The van der Waals surface area contributed by atoms with E-state index in [4.69, 9.17) is 17.3 Å². The molecule has 0 radical (unpaired) electrons. The van der Waals surface area contributed by atoms with E-state index in [1.165, 1.54) is 6.07 Å². The van der Waals surface area contributed by atoms with Gasteiger partial charge >= 0.3 is 0 Å². The second-order valence-electron chi connectivity index (χ2n) is 4.18. The van der Waals surface area contributed by atoms with Gasteiger partial charge in [0.15, 0.2) is 0 Å². The van der Waals surface area contributed by atoms with E-state index in [1.54, 1.807) is 23.9 Å². The molecule has 0 saturated heterocycles. The highest BCUT2D eigenvalue weighted by atomic mass is 35.5. The standard InChI is InChI=1S/C13H15ClFN3/c1-3-18-13(10(14)7-17-18)12(16)9-5-4-8(2)11(15)6-9/h4-7,12H,3,16H2,1-2H3. The monoisotopic (exact) mass is 267 g/mol. The molecule has 18 heavy (non-hydrogen) atoms. The van der Waals surface area contributed by atoms with E-state index in [2.05, 4.69) is 5.10 Å². The predicted octanol–water partition coefficient (Wildman–Crippen LogP) is 3.05. The second kappa shape index (κ2) is 5.08. The Morgan fingerprint density at radius 1 is 1.50 bits per heavy atom. The highest BCUT2D eigenvalue weighted by molar-refractivity contribution is 6.31. The Morgan fingerprint density at radius 2 is 2.22 bits per heavy atom. The first-order valence-corrected chi connectivity index (χ1v) is 6.15. The number of rotatable bonds is 3. The number of nitrogens with two attached hydrogens (primary N) is 1. The second-order valence-corrected chi connectivity index (χ2v) is 4.59. The van der Waals surface area contributed by atoms with Gasteiger partial charge in [0.2, 0.25) is 0 Å². The third-order valence-electron chi connectivity index (χ3n) is 2.98. The van der Waals surface area contributed by atoms with Gasteiger partial charge in [-0.25, -0.2) is 4.39 Å². The van der Waals surface area contributed by atoms with Gasteiger partial charge in [-0.15, -0.1) is 0 Å². The summed E-state index contributed by atoms with van der Waals surface area (Å²) in [5.74, 6) is -0.262. The molecule has 5 heteroatoms. The van der Waals surface area contributed by atoms with Crippen molar-refractivity contribution >= 4 is 11.6 Å². The van der Waals surface area contributed by atoms with E-state index in [9.17, 15) is 4.39 Å². The molecule has 0 spiro atoms. The summed E-state index contributed by atoms with van der Waals surface area (Å²) in [5.41, 5.74) is 8.14. The summed E-state index contributed by atoms with van der Waals surface area (Å²) < 4.78 is 15.3. The predicted molar refractivity (Wildman–Crippen MR) is 70.1 cm³/mol. The molecule has 96 valence electrons. The van der Waals surface area contributed by atoms with Crippen LogP contribution >= 0.6 is 11.6 Å². The van der Waals surface area contributed by atoms with E-state index in [-0.39, 0.29) is 5.82 Å². The molecular formula is C13H15ClFN3. The number of hydrogen-bond acceptors (Lipinski definition) is 2. The first-order valence-electron chi connectivity index (χ1n) is 5.77. The lowest BCUT2D eigenvalue weighted by atomic mass is 10.0. The fourth-order valence-corrected chi connectivity index (χ4v) is 2.15. The van der Waals surface area contributed by atoms with Gasteiger partial charge in [-0.2, -0.15) is 5.10 Å². The minimum atomic E-state index is -0.477. The van der Waals surface area contributed by atoms with Crippen molar-refractivity contribution in [3.05, 3.63) is 52.1 Å². The minimum Gasteiger partial charge on any atom is -0.319 e. The molecule has 1 aromatic carbocycles. The van der Waals surface area contributed by atoms with Crippen molar-refractivity contribution in [2.24, 2.45) is 5.73 Å². The maximum absolute atomic E-state index is 13.6. The Morgan fingerprint density at radius 3 is 2.83 bits per heavy atom. The molecule has 3 nitrogen and oxygen atoms in total. The number of nitrogens with zero attached hydrogens (tertiary/aromatic N) is 2. The average molecular weight is 268 g/mol.